The maximum Gasteiger partial charge on any atom is 0.223 e. The molecule has 0 N–H and O–H groups in total. The van der Waals surface area contributed by atoms with E-state index in [-0.39, 0.29) is 11.8 Å². The Bertz CT molecular complexity index is 630. The van der Waals surface area contributed by atoms with Crippen molar-refractivity contribution in [1.82, 2.24) is 9.88 Å². The summed E-state index contributed by atoms with van der Waals surface area (Å²) in [6.07, 6.45) is 4.26. The van der Waals surface area contributed by atoms with E-state index >= 15 is 0 Å². The van der Waals surface area contributed by atoms with Crippen LogP contribution in [-0.2, 0) is 11.3 Å². The molecule has 1 aliphatic rings. The minimum Gasteiger partial charge on any atom is -0.338 e. The number of rotatable bonds is 3. The van der Waals surface area contributed by atoms with Crippen molar-refractivity contribution < 1.29 is 4.79 Å². The van der Waals surface area contributed by atoms with Crippen LogP contribution in [0.15, 0.2) is 49.2 Å². The SMILES string of the molecule is C=CC1CC(=O)N(Cc2cccc3cccnc23)C1. The highest BCUT2D eigenvalue weighted by Gasteiger charge is 2.27. The van der Waals surface area contributed by atoms with Gasteiger partial charge in [0.25, 0.3) is 0 Å². The zero-order valence-electron chi connectivity index (χ0n) is 10.7. The van der Waals surface area contributed by atoms with E-state index < -0.39 is 0 Å². The molecule has 1 aliphatic heterocycles. The summed E-state index contributed by atoms with van der Waals surface area (Å²) in [5.41, 5.74) is 2.09. The molecule has 1 fully saturated rings. The quantitative estimate of drug-likeness (QED) is 0.787. The Labute approximate surface area is 112 Å². The molecule has 2 aromatic rings. The van der Waals surface area contributed by atoms with Crippen molar-refractivity contribution in [2.75, 3.05) is 6.54 Å². The first kappa shape index (κ1) is 11.9. The third-order valence-electron chi connectivity index (χ3n) is 3.66. The number of pyridine rings is 1. The maximum absolute atomic E-state index is 11.9. The molecule has 1 saturated heterocycles. The zero-order valence-corrected chi connectivity index (χ0v) is 10.7. The van der Waals surface area contributed by atoms with Gasteiger partial charge in [-0.3, -0.25) is 9.78 Å². The Hall–Kier alpha value is -2.16. The number of aromatic nitrogens is 1. The number of nitrogens with zero attached hydrogens (tertiary/aromatic N) is 2. The average Bonchev–Trinajstić information content (AvgIpc) is 2.80. The van der Waals surface area contributed by atoms with Crippen molar-refractivity contribution in [3.63, 3.8) is 0 Å². The van der Waals surface area contributed by atoms with Gasteiger partial charge >= 0.3 is 0 Å². The van der Waals surface area contributed by atoms with Gasteiger partial charge in [-0.05, 0) is 11.6 Å². The Morgan fingerprint density at radius 2 is 2.21 bits per heavy atom. The number of fused-ring (bicyclic) bond motifs is 1. The van der Waals surface area contributed by atoms with E-state index in [9.17, 15) is 4.79 Å². The summed E-state index contributed by atoms with van der Waals surface area (Å²) in [5, 5.41) is 1.12. The lowest BCUT2D eigenvalue weighted by Gasteiger charge is -2.17. The molecular weight excluding hydrogens is 236 g/mol. The first-order chi connectivity index (χ1) is 9.28. The molecule has 0 aliphatic carbocycles. The van der Waals surface area contributed by atoms with E-state index in [1.807, 2.05) is 41.3 Å². The predicted octanol–water partition coefficient (Wildman–Crippen LogP) is 2.77. The molecule has 1 aromatic carbocycles. The fourth-order valence-corrected chi connectivity index (χ4v) is 2.61. The maximum atomic E-state index is 11.9. The standard InChI is InChI=1S/C16H16N2O/c1-2-12-9-15(19)18(10-12)11-14-6-3-5-13-7-4-8-17-16(13)14/h2-8,12H,1,9-11H2. The van der Waals surface area contributed by atoms with Crippen LogP contribution in [-0.4, -0.2) is 22.3 Å². The van der Waals surface area contributed by atoms with E-state index in [2.05, 4.69) is 11.6 Å². The largest absolute Gasteiger partial charge is 0.338 e. The fourth-order valence-electron chi connectivity index (χ4n) is 2.61. The molecule has 19 heavy (non-hydrogen) atoms. The van der Waals surface area contributed by atoms with E-state index in [0.717, 1.165) is 23.0 Å². The van der Waals surface area contributed by atoms with Gasteiger partial charge in [-0.2, -0.15) is 0 Å². The van der Waals surface area contributed by atoms with E-state index in [4.69, 9.17) is 0 Å². The predicted molar refractivity (Wildman–Crippen MR) is 75.5 cm³/mol. The molecule has 0 bridgehead atoms. The smallest absolute Gasteiger partial charge is 0.223 e. The molecule has 1 unspecified atom stereocenters. The van der Waals surface area contributed by atoms with Crippen molar-refractivity contribution in [2.24, 2.45) is 5.92 Å². The summed E-state index contributed by atoms with van der Waals surface area (Å²) in [5.74, 6) is 0.494. The van der Waals surface area contributed by atoms with Gasteiger partial charge in [0.05, 0.1) is 5.52 Å². The molecule has 1 atom stereocenters. The van der Waals surface area contributed by atoms with Gasteiger partial charge < -0.3 is 4.90 Å². The molecule has 2 heterocycles. The monoisotopic (exact) mass is 252 g/mol. The molecule has 3 nitrogen and oxygen atoms in total. The number of benzene rings is 1. The van der Waals surface area contributed by atoms with Gasteiger partial charge in [-0.25, -0.2) is 0 Å². The molecule has 0 radical (unpaired) electrons. The summed E-state index contributed by atoms with van der Waals surface area (Å²) in [6, 6.07) is 10.1. The van der Waals surface area contributed by atoms with Crippen molar-refractivity contribution in [3.8, 4) is 0 Å². The summed E-state index contributed by atoms with van der Waals surface area (Å²) >= 11 is 0. The zero-order chi connectivity index (χ0) is 13.2. The van der Waals surface area contributed by atoms with Crippen LogP contribution in [0.1, 0.15) is 12.0 Å². The number of hydrogen-bond acceptors (Lipinski definition) is 2. The number of carbonyl (C=O) groups is 1. The van der Waals surface area contributed by atoms with Crippen LogP contribution in [0.4, 0.5) is 0 Å². The van der Waals surface area contributed by atoms with E-state index in [1.165, 1.54) is 0 Å². The number of likely N-dealkylation sites (tertiary alicyclic amines) is 1. The highest BCUT2D eigenvalue weighted by Crippen LogP contribution is 2.23. The van der Waals surface area contributed by atoms with Crippen molar-refractivity contribution in [1.29, 1.82) is 0 Å². The second-order valence-electron chi connectivity index (χ2n) is 4.97. The van der Waals surface area contributed by atoms with Crippen LogP contribution < -0.4 is 0 Å². The lowest BCUT2D eigenvalue weighted by atomic mass is 10.1. The summed E-state index contributed by atoms with van der Waals surface area (Å²) in [4.78, 5) is 18.3. The number of para-hydroxylation sites is 1. The van der Waals surface area contributed by atoms with Gasteiger partial charge in [-0.1, -0.05) is 30.3 Å². The second-order valence-corrected chi connectivity index (χ2v) is 4.97. The average molecular weight is 252 g/mol. The van der Waals surface area contributed by atoms with Crippen LogP contribution in [0.2, 0.25) is 0 Å². The molecule has 1 aromatic heterocycles. The Morgan fingerprint density at radius 1 is 1.37 bits per heavy atom. The third kappa shape index (κ3) is 2.24. The fraction of sp³-hybridized carbons (Fsp3) is 0.250. The molecule has 3 heteroatoms. The Kier molecular flexibility index (Phi) is 3.03. The molecule has 0 spiro atoms. The van der Waals surface area contributed by atoms with Crippen LogP contribution in [0.3, 0.4) is 0 Å². The van der Waals surface area contributed by atoms with Crippen LogP contribution in [0.5, 0.6) is 0 Å². The normalized spacial score (nSPS) is 19.1. The Morgan fingerprint density at radius 3 is 3.00 bits per heavy atom. The molecule has 3 rings (SSSR count). The number of amides is 1. The summed E-state index contributed by atoms with van der Waals surface area (Å²) < 4.78 is 0. The van der Waals surface area contributed by atoms with Crippen molar-refractivity contribution in [3.05, 3.63) is 54.7 Å². The van der Waals surface area contributed by atoms with E-state index in [0.29, 0.717) is 13.0 Å². The first-order valence-corrected chi connectivity index (χ1v) is 6.51. The minimum atomic E-state index is 0.206. The third-order valence-corrected chi connectivity index (χ3v) is 3.66. The molecule has 0 saturated carbocycles. The topological polar surface area (TPSA) is 33.2 Å². The van der Waals surface area contributed by atoms with Crippen LogP contribution >= 0.6 is 0 Å². The first-order valence-electron chi connectivity index (χ1n) is 6.51. The highest BCUT2D eigenvalue weighted by atomic mass is 16.2. The van der Waals surface area contributed by atoms with Gasteiger partial charge in [-0.15, -0.1) is 6.58 Å². The number of carbonyl (C=O) groups excluding carboxylic acids is 1. The molecule has 96 valence electrons. The van der Waals surface area contributed by atoms with Crippen LogP contribution in [0, 0.1) is 5.92 Å². The minimum absolute atomic E-state index is 0.206. The van der Waals surface area contributed by atoms with Gasteiger partial charge in [0.2, 0.25) is 5.91 Å². The van der Waals surface area contributed by atoms with Crippen molar-refractivity contribution in [2.45, 2.75) is 13.0 Å². The van der Waals surface area contributed by atoms with Gasteiger partial charge in [0, 0.05) is 37.0 Å². The van der Waals surface area contributed by atoms with Gasteiger partial charge in [0.15, 0.2) is 0 Å². The summed E-state index contributed by atoms with van der Waals surface area (Å²) in [7, 11) is 0. The van der Waals surface area contributed by atoms with Gasteiger partial charge in [0.1, 0.15) is 0 Å². The second kappa shape index (κ2) is 4.84. The van der Waals surface area contributed by atoms with E-state index in [1.54, 1.807) is 6.20 Å². The molecular formula is C16H16N2O. The number of hydrogen-bond donors (Lipinski definition) is 0. The van der Waals surface area contributed by atoms with Crippen molar-refractivity contribution >= 4 is 16.8 Å². The van der Waals surface area contributed by atoms with Crippen LogP contribution in [0.25, 0.3) is 10.9 Å². The summed E-state index contributed by atoms with van der Waals surface area (Å²) in [6.45, 7) is 5.18. The Balaban J connectivity index is 1.90. The lowest BCUT2D eigenvalue weighted by molar-refractivity contribution is -0.128. The lowest BCUT2D eigenvalue weighted by Crippen LogP contribution is -2.24. The highest BCUT2D eigenvalue weighted by molar-refractivity contribution is 5.83. The molecule has 1 amide bonds.